The van der Waals surface area contributed by atoms with Crippen molar-refractivity contribution in [1.82, 2.24) is 25.4 Å². The molecule has 0 radical (unpaired) electrons. The maximum atomic E-state index is 13.2. The van der Waals surface area contributed by atoms with Crippen LogP contribution in [0.2, 0.25) is 0 Å². The Bertz CT molecular complexity index is 1040. The normalized spacial score (nSPS) is 16.6. The summed E-state index contributed by atoms with van der Waals surface area (Å²) in [5.41, 5.74) is 4.10. The molecule has 30 heavy (non-hydrogen) atoms. The molecule has 1 aromatic heterocycles. The number of aromatic amines is 2. The number of H-pyrrole nitrogens is 2. The molecule has 1 aliphatic rings. The van der Waals surface area contributed by atoms with E-state index in [4.69, 9.17) is 0 Å². The van der Waals surface area contributed by atoms with Gasteiger partial charge >= 0.3 is 11.7 Å². The molecule has 1 atom stereocenters. The van der Waals surface area contributed by atoms with Crippen LogP contribution in [0.1, 0.15) is 52.9 Å². The third-order valence-corrected chi connectivity index (χ3v) is 5.63. The number of carbonyl (C=O) groups excluding carboxylic acids is 1. The molecule has 1 saturated heterocycles. The molecule has 0 aliphatic carbocycles. The highest BCUT2D eigenvalue weighted by molar-refractivity contribution is 5.75. The van der Waals surface area contributed by atoms with Gasteiger partial charge in [-0.3, -0.25) is 4.98 Å². The second-order valence-corrected chi connectivity index (χ2v) is 8.06. The molecule has 2 amide bonds. The number of amides is 2. The number of urea groups is 1. The highest BCUT2D eigenvalue weighted by Gasteiger charge is 2.28. The van der Waals surface area contributed by atoms with Crippen molar-refractivity contribution >= 4 is 6.03 Å². The van der Waals surface area contributed by atoms with Gasteiger partial charge in [-0.25, -0.2) is 14.7 Å². The molecule has 2 heterocycles. The molecule has 7 nitrogen and oxygen atoms in total. The number of aromatic nitrogens is 3. The van der Waals surface area contributed by atoms with E-state index < -0.39 is 0 Å². The van der Waals surface area contributed by atoms with E-state index in [1.54, 1.807) is 0 Å². The summed E-state index contributed by atoms with van der Waals surface area (Å²) in [4.78, 5) is 29.2. The molecule has 1 aliphatic heterocycles. The van der Waals surface area contributed by atoms with Crippen LogP contribution in [-0.4, -0.2) is 39.2 Å². The third-order valence-electron chi connectivity index (χ3n) is 5.63. The predicted octanol–water partition coefficient (Wildman–Crippen LogP) is 3.39. The van der Waals surface area contributed by atoms with Crippen molar-refractivity contribution in [2.45, 2.75) is 38.6 Å². The second-order valence-electron chi connectivity index (χ2n) is 8.06. The lowest BCUT2D eigenvalue weighted by Gasteiger charge is -2.33. The molecule has 3 N–H and O–H groups in total. The molecule has 4 rings (SSSR count). The molecule has 156 valence electrons. The third kappa shape index (κ3) is 4.45. The van der Waals surface area contributed by atoms with Crippen molar-refractivity contribution in [1.29, 1.82) is 0 Å². The Morgan fingerprint density at radius 1 is 1.13 bits per heavy atom. The zero-order chi connectivity index (χ0) is 21.1. The largest absolute Gasteiger partial charge is 0.340 e. The van der Waals surface area contributed by atoms with Gasteiger partial charge in [0.05, 0.1) is 6.04 Å². The van der Waals surface area contributed by atoms with Gasteiger partial charge in [0.1, 0.15) is 5.82 Å². The summed E-state index contributed by atoms with van der Waals surface area (Å²) < 4.78 is 0. The van der Waals surface area contributed by atoms with E-state index in [1.807, 2.05) is 29.2 Å². The highest BCUT2D eigenvalue weighted by atomic mass is 16.2. The first-order valence-electron chi connectivity index (χ1n) is 10.3. The number of hydrogen-bond acceptors (Lipinski definition) is 3. The van der Waals surface area contributed by atoms with Crippen molar-refractivity contribution in [2.24, 2.45) is 0 Å². The first kappa shape index (κ1) is 19.9. The van der Waals surface area contributed by atoms with E-state index in [-0.39, 0.29) is 23.7 Å². The van der Waals surface area contributed by atoms with E-state index in [0.29, 0.717) is 18.9 Å². The Hall–Kier alpha value is -3.35. The molecule has 7 heteroatoms. The molecular formula is C23H27N5O2. The second kappa shape index (κ2) is 8.57. The van der Waals surface area contributed by atoms with E-state index >= 15 is 0 Å². The number of benzene rings is 2. The molecule has 0 bridgehead atoms. The van der Waals surface area contributed by atoms with Crippen LogP contribution < -0.4 is 11.0 Å². The van der Waals surface area contributed by atoms with Crippen molar-refractivity contribution in [2.75, 3.05) is 13.1 Å². The Morgan fingerprint density at radius 3 is 2.37 bits per heavy atom. The predicted molar refractivity (Wildman–Crippen MR) is 115 cm³/mol. The van der Waals surface area contributed by atoms with E-state index in [1.165, 1.54) is 0 Å². The number of likely N-dealkylation sites (tertiary alicyclic amines) is 1. The highest BCUT2D eigenvalue weighted by Crippen LogP contribution is 2.27. The monoisotopic (exact) mass is 405 g/mol. The minimum atomic E-state index is -0.314. The van der Waals surface area contributed by atoms with Gasteiger partial charge in [-0.2, -0.15) is 5.10 Å². The summed E-state index contributed by atoms with van der Waals surface area (Å²) in [5.74, 6) is 0.645. The molecule has 0 spiro atoms. The number of carbonyl (C=O) groups is 1. The Labute approximate surface area is 175 Å². The minimum absolute atomic E-state index is 0.0276. The topological polar surface area (TPSA) is 93.9 Å². The summed E-state index contributed by atoms with van der Waals surface area (Å²) >= 11 is 0. The minimum Gasteiger partial charge on any atom is -0.327 e. The molecule has 2 aromatic carbocycles. The van der Waals surface area contributed by atoms with Gasteiger partial charge in [-0.15, -0.1) is 0 Å². The van der Waals surface area contributed by atoms with Gasteiger partial charge in [0, 0.05) is 19.0 Å². The molecule has 1 fully saturated rings. The fourth-order valence-corrected chi connectivity index (χ4v) is 4.13. The van der Waals surface area contributed by atoms with Crippen molar-refractivity contribution in [3.8, 4) is 0 Å². The number of hydrogen-bond donors (Lipinski definition) is 3. The van der Waals surface area contributed by atoms with Gasteiger partial charge in [-0.1, -0.05) is 59.7 Å². The molecule has 3 aromatic rings. The summed E-state index contributed by atoms with van der Waals surface area (Å²) in [6, 6.07) is 16.1. The average molecular weight is 406 g/mol. The van der Waals surface area contributed by atoms with Crippen LogP contribution in [0.4, 0.5) is 4.79 Å². The summed E-state index contributed by atoms with van der Waals surface area (Å²) in [6.45, 7) is 5.32. The van der Waals surface area contributed by atoms with Crippen LogP contribution in [0.25, 0.3) is 0 Å². The maximum absolute atomic E-state index is 13.2. The zero-order valence-electron chi connectivity index (χ0n) is 17.3. The van der Waals surface area contributed by atoms with Gasteiger partial charge in [0.25, 0.3) is 0 Å². The van der Waals surface area contributed by atoms with E-state index in [0.717, 1.165) is 35.1 Å². The van der Waals surface area contributed by atoms with Crippen LogP contribution in [0, 0.1) is 13.8 Å². The summed E-state index contributed by atoms with van der Waals surface area (Å²) in [5, 5.41) is 9.71. The smallest absolute Gasteiger partial charge is 0.327 e. The quantitative estimate of drug-likeness (QED) is 0.621. The number of piperidine rings is 1. The van der Waals surface area contributed by atoms with Gasteiger partial charge in [0.2, 0.25) is 0 Å². The van der Waals surface area contributed by atoms with Crippen LogP contribution in [0.5, 0.6) is 0 Å². The molecule has 0 saturated carbocycles. The first-order valence-corrected chi connectivity index (χ1v) is 10.3. The standard InChI is InChI=1S/C23H27N5O2/c1-15-6-3-8-17(12-15)20(18-9-4-7-16(2)13-18)24-23(30)28-11-5-10-19(14-28)21-25-22(29)27-26-21/h3-4,6-9,12-13,19-20H,5,10-11,14H2,1-2H3,(H,24,30)(H2,25,26,27,29). The Balaban J connectivity index is 1.56. The van der Waals surface area contributed by atoms with Crippen LogP contribution in [0.3, 0.4) is 0 Å². The fraction of sp³-hybridized carbons (Fsp3) is 0.348. The van der Waals surface area contributed by atoms with Crippen molar-refractivity contribution in [3.05, 3.63) is 87.1 Å². The number of nitrogens with zero attached hydrogens (tertiary/aromatic N) is 2. The van der Waals surface area contributed by atoms with Crippen LogP contribution >= 0.6 is 0 Å². The van der Waals surface area contributed by atoms with Crippen LogP contribution in [-0.2, 0) is 0 Å². The first-order chi connectivity index (χ1) is 14.5. The zero-order valence-corrected chi connectivity index (χ0v) is 17.3. The lowest BCUT2D eigenvalue weighted by molar-refractivity contribution is 0.176. The van der Waals surface area contributed by atoms with Crippen molar-refractivity contribution in [3.63, 3.8) is 0 Å². The van der Waals surface area contributed by atoms with Gasteiger partial charge in [-0.05, 0) is 37.8 Å². The van der Waals surface area contributed by atoms with Gasteiger partial charge < -0.3 is 10.2 Å². The Morgan fingerprint density at radius 2 is 1.80 bits per heavy atom. The summed E-state index contributed by atoms with van der Waals surface area (Å²) in [7, 11) is 0. The summed E-state index contributed by atoms with van der Waals surface area (Å²) in [6.07, 6.45) is 1.76. The molecule has 1 unspecified atom stereocenters. The number of nitrogens with one attached hydrogen (secondary N) is 3. The number of rotatable bonds is 4. The van der Waals surface area contributed by atoms with Gasteiger partial charge in [0.15, 0.2) is 0 Å². The lowest BCUT2D eigenvalue weighted by atomic mass is 9.95. The van der Waals surface area contributed by atoms with E-state index in [2.05, 4.69) is 58.6 Å². The SMILES string of the molecule is Cc1cccc(C(NC(=O)N2CCCC(c3n[nH]c(=O)[nH]3)C2)c2cccc(C)c2)c1. The average Bonchev–Trinajstić information content (AvgIpc) is 3.18. The van der Waals surface area contributed by atoms with Crippen molar-refractivity contribution < 1.29 is 4.79 Å². The van der Waals surface area contributed by atoms with Crippen LogP contribution in [0.15, 0.2) is 53.3 Å². The Kier molecular flexibility index (Phi) is 5.70. The maximum Gasteiger partial charge on any atom is 0.340 e. The lowest BCUT2D eigenvalue weighted by Crippen LogP contribution is -2.46. The van der Waals surface area contributed by atoms with E-state index in [9.17, 15) is 9.59 Å². The fourth-order valence-electron chi connectivity index (χ4n) is 4.13. The number of aryl methyl sites for hydroxylation is 2. The molecular weight excluding hydrogens is 378 g/mol.